The lowest BCUT2D eigenvalue weighted by Crippen LogP contribution is -2.43. The Labute approximate surface area is 139 Å². The van der Waals surface area contributed by atoms with Crippen molar-refractivity contribution in [2.24, 2.45) is 13.0 Å². The lowest BCUT2D eigenvalue weighted by atomic mass is 10.0. The van der Waals surface area contributed by atoms with Gasteiger partial charge in [-0.2, -0.15) is 0 Å². The molecule has 3 heterocycles. The maximum atomic E-state index is 11.6. The molecule has 0 saturated carbocycles. The Morgan fingerprint density at radius 2 is 2.09 bits per heavy atom. The van der Waals surface area contributed by atoms with Crippen LogP contribution in [0, 0.1) is 5.92 Å². The van der Waals surface area contributed by atoms with Gasteiger partial charge in [0.2, 0.25) is 5.91 Å². The van der Waals surface area contributed by atoms with Crippen LogP contribution in [-0.2, 0) is 18.4 Å². The van der Waals surface area contributed by atoms with Crippen molar-refractivity contribution < 1.29 is 4.79 Å². The Hall–Kier alpha value is -1.40. The van der Waals surface area contributed by atoms with Crippen molar-refractivity contribution in [1.82, 2.24) is 24.3 Å². The number of carbonyl (C=O) groups excluding carboxylic acids is 1. The zero-order chi connectivity index (χ0) is 16.4. The third-order valence-corrected chi connectivity index (χ3v) is 5.38. The molecule has 3 rings (SSSR count). The molecule has 2 aliphatic heterocycles. The molecule has 6 nitrogen and oxygen atoms in total. The van der Waals surface area contributed by atoms with Crippen molar-refractivity contribution in [3.8, 4) is 0 Å². The van der Waals surface area contributed by atoms with E-state index in [1.165, 1.54) is 0 Å². The van der Waals surface area contributed by atoms with Crippen LogP contribution < -0.4 is 0 Å². The number of hydrogen-bond donors (Lipinski definition) is 0. The fourth-order valence-corrected chi connectivity index (χ4v) is 3.99. The first-order valence-corrected chi connectivity index (χ1v) is 8.72. The summed E-state index contributed by atoms with van der Waals surface area (Å²) < 4.78 is 2.11. The minimum atomic E-state index is 0.211. The van der Waals surface area contributed by atoms with Crippen LogP contribution in [0.5, 0.6) is 0 Å². The normalized spacial score (nSPS) is 27.3. The molecule has 0 spiro atoms. The van der Waals surface area contributed by atoms with Crippen molar-refractivity contribution in [2.45, 2.75) is 32.9 Å². The zero-order valence-corrected chi connectivity index (χ0v) is 14.6. The lowest BCUT2D eigenvalue weighted by molar-refractivity contribution is -0.128. The predicted molar refractivity (Wildman–Crippen MR) is 89.9 cm³/mol. The highest BCUT2D eigenvalue weighted by molar-refractivity contribution is 5.73. The topological polar surface area (TPSA) is 44.6 Å². The molecular formula is C17H29N5O. The number of imidazole rings is 1. The van der Waals surface area contributed by atoms with Crippen LogP contribution in [0.2, 0.25) is 0 Å². The molecule has 2 aliphatic rings. The largest absolute Gasteiger partial charge is 0.342 e. The number of amides is 1. The first-order chi connectivity index (χ1) is 11.0. The van der Waals surface area contributed by atoms with Crippen molar-refractivity contribution in [3.05, 3.63) is 18.2 Å². The van der Waals surface area contributed by atoms with Crippen LogP contribution in [0.4, 0.5) is 0 Å². The van der Waals surface area contributed by atoms with Gasteiger partial charge < -0.3 is 9.47 Å². The average Bonchev–Trinajstić information content (AvgIpc) is 2.97. The average molecular weight is 319 g/mol. The summed E-state index contributed by atoms with van der Waals surface area (Å²) in [5.41, 5.74) is 0. The van der Waals surface area contributed by atoms with Gasteiger partial charge >= 0.3 is 0 Å². The minimum absolute atomic E-state index is 0.211. The fraction of sp³-hybridized carbons (Fsp3) is 0.765. The molecule has 1 aromatic rings. The van der Waals surface area contributed by atoms with Crippen molar-refractivity contribution in [1.29, 1.82) is 0 Å². The van der Waals surface area contributed by atoms with Crippen LogP contribution in [-0.4, -0.2) is 75.5 Å². The zero-order valence-electron chi connectivity index (χ0n) is 14.6. The summed E-state index contributed by atoms with van der Waals surface area (Å²) >= 11 is 0. The number of rotatable bonds is 3. The van der Waals surface area contributed by atoms with Gasteiger partial charge in [-0.15, -0.1) is 0 Å². The third-order valence-electron chi connectivity index (χ3n) is 5.38. The molecule has 0 bridgehead atoms. The number of nitrogens with zero attached hydrogens (tertiary/aromatic N) is 5. The van der Waals surface area contributed by atoms with E-state index in [-0.39, 0.29) is 5.91 Å². The van der Waals surface area contributed by atoms with Crippen molar-refractivity contribution in [3.63, 3.8) is 0 Å². The molecule has 1 amide bonds. The molecule has 0 aliphatic carbocycles. The van der Waals surface area contributed by atoms with Gasteiger partial charge in [0.15, 0.2) is 0 Å². The van der Waals surface area contributed by atoms with Gasteiger partial charge in [0.25, 0.3) is 0 Å². The molecule has 2 saturated heterocycles. The smallest absolute Gasteiger partial charge is 0.219 e. The van der Waals surface area contributed by atoms with E-state index in [1.807, 2.05) is 17.3 Å². The van der Waals surface area contributed by atoms with Crippen LogP contribution in [0.25, 0.3) is 0 Å². The van der Waals surface area contributed by atoms with Gasteiger partial charge in [-0.25, -0.2) is 4.98 Å². The second kappa shape index (κ2) is 7.01. The van der Waals surface area contributed by atoms with Crippen molar-refractivity contribution in [2.75, 3.05) is 39.3 Å². The Bertz CT molecular complexity index is 543. The van der Waals surface area contributed by atoms with Crippen LogP contribution in [0.1, 0.15) is 26.1 Å². The van der Waals surface area contributed by atoms with Gasteiger partial charge in [-0.05, 0) is 12.3 Å². The van der Waals surface area contributed by atoms with E-state index in [9.17, 15) is 4.79 Å². The molecular weight excluding hydrogens is 290 g/mol. The molecule has 6 heteroatoms. The molecule has 0 N–H and O–H groups in total. The number of hydrogen-bond acceptors (Lipinski definition) is 4. The molecule has 128 valence electrons. The Kier molecular flexibility index (Phi) is 5.02. The van der Waals surface area contributed by atoms with E-state index < -0.39 is 0 Å². The summed E-state index contributed by atoms with van der Waals surface area (Å²) in [5.74, 6) is 2.01. The summed E-state index contributed by atoms with van der Waals surface area (Å²) in [6, 6.07) is 0.599. The minimum Gasteiger partial charge on any atom is -0.342 e. The summed E-state index contributed by atoms with van der Waals surface area (Å²) in [6.45, 7) is 11.1. The lowest BCUT2D eigenvalue weighted by Gasteiger charge is -2.30. The van der Waals surface area contributed by atoms with Gasteiger partial charge in [-0.3, -0.25) is 14.6 Å². The van der Waals surface area contributed by atoms with E-state index in [4.69, 9.17) is 0 Å². The molecule has 2 fully saturated rings. The van der Waals surface area contributed by atoms with Gasteiger partial charge in [-0.1, -0.05) is 6.92 Å². The number of carbonyl (C=O) groups is 1. The maximum Gasteiger partial charge on any atom is 0.219 e. The van der Waals surface area contributed by atoms with Gasteiger partial charge in [0, 0.05) is 71.7 Å². The Balaban J connectivity index is 1.58. The molecule has 2 atom stereocenters. The molecule has 23 heavy (non-hydrogen) atoms. The first kappa shape index (κ1) is 16.5. The summed E-state index contributed by atoms with van der Waals surface area (Å²) in [5, 5.41) is 0. The second-order valence-electron chi connectivity index (χ2n) is 7.09. The van der Waals surface area contributed by atoms with Crippen LogP contribution >= 0.6 is 0 Å². The van der Waals surface area contributed by atoms with Crippen LogP contribution in [0.15, 0.2) is 12.4 Å². The Morgan fingerprint density at radius 1 is 1.26 bits per heavy atom. The molecule has 0 radical (unpaired) electrons. The second-order valence-corrected chi connectivity index (χ2v) is 7.09. The first-order valence-electron chi connectivity index (χ1n) is 8.72. The van der Waals surface area contributed by atoms with E-state index in [0.717, 1.165) is 58.1 Å². The van der Waals surface area contributed by atoms with Gasteiger partial charge in [0.05, 0.1) is 6.54 Å². The molecule has 0 unspecified atom stereocenters. The Morgan fingerprint density at radius 3 is 2.78 bits per heavy atom. The van der Waals surface area contributed by atoms with Crippen molar-refractivity contribution >= 4 is 5.91 Å². The SMILES string of the molecule is CC(=O)N1CCCN([C@@H]2CN(Cc3nccn3C)C[C@H]2C)CC1. The van der Waals surface area contributed by atoms with E-state index in [1.54, 1.807) is 6.92 Å². The summed E-state index contributed by atoms with van der Waals surface area (Å²) in [6.07, 6.45) is 4.97. The third kappa shape index (κ3) is 3.75. The standard InChI is InChI=1S/C17H29N5O/c1-14-11-20(13-17-18-5-8-19(17)3)12-16(14)22-7-4-6-21(9-10-22)15(2)23/h5,8,14,16H,4,6-7,9-13H2,1-3H3/t14-,16-/m1/s1. The summed E-state index contributed by atoms with van der Waals surface area (Å²) in [4.78, 5) is 23.2. The number of likely N-dealkylation sites (tertiary alicyclic amines) is 1. The quantitative estimate of drug-likeness (QED) is 0.826. The number of aryl methyl sites for hydroxylation is 1. The summed E-state index contributed by atoms with van der Waals surface area (Å²) in [7, 11) is 2.06. The highest BCUT2D eigenvalue weighted by Gasteiger charge is 2.34. The highest BCUT2D eigenvalue weighted by Crippen LogP contribution is 2.24. The molecule has 1 aromatic heterocycles. The highest BCUT2D eigenvalue weighted by atomic mass is 16.2. The van der Waals surface area contributed by atoms with Gasteiger partial charge in [0.1, 0.15) is 5.82 Å². The van der Waals surface area contributed by atoms with Crippen LogP contribution in [0.3, 0.4) is 0 Å². The fourth-order valence-electron chi connectivity index (χ4n) is 3.99. The van der Waals surface area contributed by atoms with E-state index in [2.05, 4.69) is 33.3 Å². The monoisotopic (exact) mass is 319 g/mol. The maximum absolute atomic E-state index is 11.6. The predicted octanol–water partition coefficient (Wildman–Crippen LogP) is 0.795. The molecule has 0 aromatic carbocycles. The van der Waals surface area contributed by atoms with E-state index in [0.29, 0.717) is 12.0 Å². The number of aromatic nitrogens is 2. The van der Waals surface area contributed by atoms with E-state index >= 15 is 0 Å².